The van der Waals surface area contributed by atoms with Crippen molar-refractivity contribution in [2.45, 2.75) is 20.4 Å². The number of hydrogen-bond acceptors (Lipinski definition) is 5. The number of Topliss-reactive ketones (excluding diaryl/α,β-unsaturated/α-hetero) is 1. The molecule has 0 saturated heterocycles. The first kappa shape index (κ1) is 21.3. The molecule has 0 unspecified atom stereocenters. The Morgan fingerprint density at radius 2 is 1.74 bits per heavy atom. The lowest BCUT2D eigenvalue weighted by Gasteiger charge is -2.12. The van der Waals surface area contributed by atoms with Crippen molar-refractivity contribution in [1.29, 1.82) is 0 Å². The third kappa shape index (κ3) is 3.86. The van der Waals surface area contributed by atoms with Crippen LogP contribution in [0.15, 0.2) is 77.6 Å². The summed E-state index contributed by atoms with van der Waals surface area (Å²) in [4.78, 5) is 42.3. The van der Waals surface area contributed by atoms with Gasteiger partial charge in [0.2, 0.25) is 11.5 Å². The molecule has 5 rings (SSSR count). The zero-order valence-corrected chi connectivity index (χ0v) is 18.6. The monoisotopic (exact) mass is 451 g/mol. The van der Waals surface area contributed by atoms with Crippen LogP contribution in [-0.2, 0) is 6.54 Å². The van der Waals surface area contributed by atoms with E-state index in [9.17, 15) is 14.4 Å². The summed E-state index contributed by atoms with van der Waals surface area (Å²) in [6.45, 7) is 3.77. The van der Waals surface area contributed by atoms with Crippen LogP contribution in [0.5, 0.6) is 0 Å². The molecule has 1 N–H and O–H groups in total. The molecule has 0 atom stereocenters. The number of carbonyl (C=O) groups is 2. The summed E-state index contributed by atoms with van der Waals surface area (Å²) in [5.41, 5.74) is 3.98. The lowest BCUT2D eigenvalue weighted by Crippen LogP contribution is -2.24. The van der Waals surface area contributed by atoms with Crippen molar-refractivity contribution in [3.8, 4) is 0 Å². The van der Waals surface area contributed by atoms with Crippen molar-refractivity contribution in [3.05, 3.63) is 106 Å². The average molecular weight is 451 g/mol. The van der Waals surface area contributed by atoms with Crippen molar-refractivity contribution < 1.29 is 9.59 Å². The minimum atomic E-state index is -0.571. The zero-order valence-electron chi connectivity index (χ0n) is 18.6. The van der Waals surface area contributed by atoms with Gasteiger partial charge in [0.1, 0.15) is 0 Å². The van der Waals surface area contributed by atoms with E-state index in [0.717, 1.165) is 11.1 Å². The Balaban J connectivity index is 1.61. The van der Waals surface area contributed by atoms with E-state index in [1.165, 1.54) is 11.4 Å². The normalized spacial score (nSPS) is 11.1. The first-order valence-corrected chi connectivity index (χ1v) is 10.8. The lowest BCUT2D eigenvalue weighted by molar-refractivity contribution is 0.100. The van der Waals surface area contributed by atoms with Gasteiger partial charge in [0.25, 0.3) is 11.5 Å². The van der Waals surface area contributed by atoms with Crippen LogP contribution in [0.25, 0.3) is 16.7 Å². The predicted octanol–water partition coefficient (Wildman–Crippen LogP) is 3.86. The van der Waals surface area contributed by atoms with Crippen molar-refractivity contribution in [3.63, 3.8) is 0 Å². The second-order valence-electron chi connectivity index (χ2n) is 8.13. The molecule has 8 heteroatoms. The van der Waals surface area contributed by atoms with Crippen LogP contribution in [0.2, 0.25) is 0 Å². The molecule has 0 aliphatic rings. The van der Waals surface area contributed by atoms with Crippen molar-refractivity contribution in [2.75, 3.05) is 5.32 Å². The molecule has 0 spiro atoms. The molecule has 0 fully saturated rings. The summed E-state index contributed by atoms with van der Waals surface area (Å²) in [6.07, 6.45) is 0. The van der Waals surface area contributed by atoms with Gasteiger partial charge in [0.15, 0.2) is 5.78 Å². The maximum Gasteiger partial charge on any atom is 0.296 e. The maximum absolute atomic E-state index is 13.4. The highest BCUT2D eigenvalue weighted by Crippen LogP contribution is 2.18. The van der Waals surface area contributed by atoms with Gasteiger partial charge < -0.3 is 5.32 Å². The lowest BCUT2D eigenvalue weighted by atomic mass is 10.1. The summed E-state index contributed by atoms with van der Waals surface area (Å²) in [5, 5.41) is 7.05. The summed E-state index contributed by atoms with van der Waals surface area (Å²) in [7, 11) is 0. The number of fused-ring (bicyclic) bond motifs is 3. The molecule has 0 radical (unpaired) electrons. The molecule has 168 valence electrons. The molecule has 0 saturated carbocycles. The number of carbonyl (C=O) groups excluding carboxylic acids is 2. The van der Waals surface area contributed by atoms with E-state index in [1.54, 1.807) is 28.8 Å². The van der Waals surface area contributed by atoms with Gasteiger partial charge in [-0.1, -0.05) is 48.5 Å². The predicted molar refractivity (Wildman–Crippen MR) is 129 cm³/mol. The maximum atomic E-state index is 13.4. The van der Waals surface area contributed by atoms with E-state index in [4.69, 9.17) is 0 Å². The highest BCUT2D eigenvalue weighted by Gasteiger charge is 2.20. The van der Waals surface area contributed by atoms with Crippen LogP contribution in [-0.4, -0.2) is 30.9 Å². The third-order valence-electron chi connectivity index (χ3n) is 5.61. The molecule has 3 aromatic carbocycles. The fourth-order valence-electron chi connectivity index (χ4n) is 3.90. The van der Waals surface area contributed by atoms with Gasteiger partial charge in [-0.05, 0) is 49.2 Å². The van der Waals surface area contributed by atoms with Gasteiger partial charge in [-0.15, -0.1) is 5.10 Å². The number of aromatic nitrogens is 4. The number of benzene rings is 3. The second kappa shape index (κ2) is 8.40. The first-order chi connectivity index (χ1) is 16.4. The number of nitrogens with zero attached hydrogens (tertiary/aromatic N) is 4. The molecule has 34 heavy (non-hydrogen) atoms. The van der Waals surface area contributed by atoms with Gasteiger partial charge in [0.05, 0.1) is 17.6 Å². The molecular weight excluding hydrogens is 430 g/mol. The van der Waals surface area contributed by atoms with Crippen LogP contribution in [0.4, 0.5) is 5.69 Å². The minimum absolute atomic E-state index is 0.0647. The van der Waals surface area contributed by atoms with E-state index in [2.05, 4.69) is 15.4 Å². The molecule has 5 aromatic rings. The molecule has 0 aliphatic heterocycles. The van der Waals surface area contributed by atoms with Gasteiger partial charge in [0, 0.05) is 11.3 Å². The SMILES string of the molecule is CC(=O)c1cccc(NC(=O)c2nc3c(=O)n(Cc4ccccc4)c4cc(C)ccc4n3n2)c1. The average Bonchev–Trinajstić information content (AvgIpc) is 3.28. The highest BCUT2D eigenvalue weighted by molar-refractivity contribution is 6.03. The van der Waals surface area contributed by atoms with Crippen molar-refractivity contribution >= 4 is 34.1 Å². The Bertz CT molecular complexity index is 1630. The fraction of sp³-hybridized carbons (Fsp3) is 0.115. The molecule has 0 bridgehead atoms. The zero-order chi connectivity index (χ0) is 23.8. The van der Waals surface area contributed by atoms with E-state index in [0.29, 0.717) is 28.8 Å². The Morgan fingerprint density at radius 3 is 2.50 bits per heavy atom. The van der Waals surface area contributed by atoms with E-state index < -0.39 is 5.91 Å². The smallest absolute Gasteiger partial charge is 0.296 e. The molecule has 1 amide bonds. The number of amides is 1. The van der Waals surface area contributed by atoms with Crippen molar-refractivity contribution in [2.24, 2.45) is 0 Å². The van der Waals surface area contributed by atoms with Crippen LogP contribution < -0.4 is 10.9 Å². The largest absolute Gasteiger partial charge is 0.319 e. The number of anilines is 1. The number of nitrogens with one attached hydrogen (secondary N) is 1. The van der Waals surface area contributed by atoms with Gasteiger partial charge in [-0.2, -0.15) is 4.98 Å². The quantitative estimate of drug-likeness (QED) is 0.409. The molecule has 2 heterocycles. The highest BCUT2D eigenvalue weighted by atomic mass is 16.2. The first-order valence-electron chi connectivity index (χ1n) is 10.8. The summed E-state index contributed by atoms with van der Waals surface area (Å²) in [5.74, 6) is -0.814. The molecule has 0 aliphatic carbocycles. The fourth-order valence-corrected chi connectivity index (χ4v) is 3.90. The minimum Gasteiger partial charge on any atom is -0.319 e. The van der Waals surface area contributed by atoms with Gasteiger partial charge >= 0.3 is 0 Å². The van der Waals surface area contributed by atoms with E-state index in [-0.39, 0.29) is 22.8 Å². The van der Waals surface area contributed by atoms with E-state index in [1.807, 2.05) is 55.5 Å². The van der Waals surface area contributed by atoms with Gasteiger partial charge in [-0.3, -0.25) is 19.0 Å². The summed E-state index contributed by atoms with van der Waals surface area (Å²) in [6, 6.07) is 22.0. The molecule has 8 nitrogen and oxygen atoms in total. The summed E-state index contributed by atoms with van der Waals surface area (Å²) < 4.78 is 3.07. The second-order valence-corrected chi connectivity index (χ2v) is 8.13. The Morgan fingerprint density at radius 1 is 0.941 bits per heavy atom. The number of hydrogen-bond donors (Lipinski definition) is 1. The van der Waals surface area contributed by atoms with Crippen molar-refractivity contribution in [1.82, 2.24) is 19.2 Å². The van der Waals surface area contributed by atoms with Crippen LogP contribution in [0.3, 0.4) is 0 Å². The standard InChI is InChI=1S/C26H21N5O3/c1-16-11-12-21-22(13-16)30(15-18-7-4-3-5-8-18)26(34)24-28-23(29-31(21)24)25(33)27-20-10-6-9-19(14-20)17(2)32/h3-14H,15H2,1-2H3,(H,27,33). The number of aryl methyl sites for hydroxylation is 1. The Labute approximate surface area is 194 Å². The number of ketones is 1. The van der Waals surface area contributed by atoms with Gasteiger partial charge in [-0.25, -0.2) is 4.52 Å². The Kier molecular flexibility index (Phi) is 5.25. The van der Waals surface area contributed by atoms with Crippen LogP contribution in [0, 0.1) is 6.92 Å². The topological polar surface area (TPSA) is 98.4 Å². The molecular formula is C26H21N5O3. The van der Waals surface area contributed by atoms with Crippen LogP contribution >= 0.6 is 0 Å². The summed E-state index contributed by atoms with van der Waals surface area (Å²) >= 11 is 0. The van der Waals surface area contributed by atoms with E-state index >= 15 is 0 Å². The Hall–Kier alpha value is -4.59. The van der Waals surface area contributed by atoms with Crippen LogP contribution in [0.1, 0.15) is 39.0 Å². The third-order valence-corrected chi connectivity index (χ3v) is 5.61. The molecule has 2 aromatic heterocycles. The number of rotatable bonds is 5.